The van der Waals surface area contributed by atoms with Gasteiger partial charge in [-0.1, -0.05) is 72.7 Å². The van der Waals surface area contributed by atoms with Gasteiger partial charge in [0.1, 0.15) is 15.8 Å². The zero-order chi connectivity index (χ0) is 24.5. The van der Waals surface area contributed by atoms with Crippen molar-refractivity contribution in [3.05, 3.63) is 80.1 Å². The molecular formula is C27H28N4O2S2. The van der Waals surface area contributed by atoms with Gasteiger partial charge in [-0.25, -0.2) is 4.98 Å². The summed E-state index contributed by atoms with van der Waals surface area (Å²) in [6.45, 7) is 6.10. The maximum absolute atomic E-state index is 13.7. The van der Waals surface area contributed by atoms with Gasteiger partial charge in [0, 0.05) is 19.3 Å². The van der Waals surface area contributed by atoms with Crippen LogP contribution in [0.5, 0.6) is 0 Å². The van der Waals surface area contributed by atoms with Gasteiger partial charge >= 0.3 is 0 Å². The van der Waals surface area contributed by atoms with Gasteiger partial charge in [-0.2, -0.15) is 0 Å². The van der Waals surface area contributed by atoms with Gasteiger partial charge in [-0.3, -0.25) is 18.9 Å². The zero-order valence-corrected chi connectivity index (χ0v) is 21.6. The van der Waals surface area contributed by atoms with E-state index < -0.39 is 0 Å². The molecule has 0 radical (unpaired) electrons. The molecule has 35 heavy (non-hydrogen) atoms. The highest BCUT2D eigenvalue weighted by Gasteiger charge is 2.33. The summed E-state index contributed by atoms with van der Waals surface area (Å²) in [5.41, 5.74) is 4.05. The van der Waals surface area contributed by atoms with E-state index in [-0.39, 0.29) is 11.5 Å². The maximum Gasteiger partial charge on any atom is 0.267 e. The molecule has 2 saturated heterocycles. The molecule has 8 heteroatoms. The average molecular weight is 505 g/mol. The molecule has 5 rings (SSSR count). The molecular weight excluding hydrogens is 476 g/mol. The minimum absolute atomic E-state index is 0.165. The van der Waals surface area contributed by atoms with Crippen LogP contribution in [0.2, 0.25) is 0 Å². The monoisotopic (exact) mass is 504 g/mol. The number of thioether (sulfide) groups is 1. The van der Waals surface area contributed by atoms with Crippen molar-refractivity contribution < 1.29 is 4.79 Å². The number of pyridine rings is 1. The molecule has 3 aromatic rings. The second-order valence-corrected chi connectivity index (χ2v) is 10.9. The Balaban J connectivity index is 1.56. The topological polar surface area (TPSA) is 57.9 Å². The van der Waals surface area contributed by atoms with Gasteiger partial charge in [0.15, 0.2) is 0 Å². The van der Waals surface area contributed by atoms with Crippen molar-refractivity contribution in [1.29, 1.82) is 0 Å². The molecule has 4 heterocycles. The number of amides is 1. The van der Waals surface area contributed by atoms with Crippen LogP contribution < -0.4 is 10.5 Å². The van der Waals surface area contributed by atoms with Crippen molar-refractivity contribution in [1.82, 2.24) is 14.3 Å². The van der Waals surface area contributed by atoms with E-state index in [9.17, 15) is 9.59 Å². The molecule has 2 aromatic heterocycles. The summed E-state index contributed by atoms with van der Waals surface area (Å²) in [4.78, 5) is 36.2. The fourth-order valence-corrected chi connectivity index (χ4v) is 5.78. The highest BCUT2D eigenvalue weighted by Crippen LogP contribution is 2.34. The molecule has 6 nitrogen and oxygen atoms in total. The molecule has 0 aliphatic carbocycles. The lowest BCUT2D eigenvalue weighted by Crippen LogP contribution is -2.30. The van der Waals surface area contributed by atoms with E-state index >= 15 is 0 Å². The number of fused-ring (bicyclic) bond motifs is 1. The fraction of sp³-hybridized carbons (Fsp3) is 0.333. The Morgan fingerprint density at radius 3 is 2.37 bits per heavy atom. The van der Waals surface area contributed by atoms with Crippen molar-refractivity contribution >= 4 is 51.7 Å². The van der Waals surface area contributed by atoms with E-state index in [2.05, 4.69) is 4.90 Å². The Labute approximate surface area is 214 Å². The van der Waals surface area contributed by atoms with Crippen LogP contribution in [-0.2, 0) is 11.3 Å². The van der Waals surface area contributed by atoms with E-state index in [1.165, 1.54) is 30.2 Å². The minimum atomic E-state index is -0.170. The van der Waals surface area contributed by atoms with Crippen molar-refractivity contribution in [2.75, 3.05) is 18.0 Å². The third-order valence-electron chi connectivity index (χ3n) is 6.50. The highest BCUT2D eigenvalue weighted by atomic mass is 32.2. The summed E-state index contributed by atoms with van der Waals surface area (Å²) >= 11 is 6.81. The van der Waals surface area contributed by atoms with E-state index in [4.69, 9.17) is 17.2 Å². The van der Waals surface area contributed by atoms with Crippen molar-refractivity contribution in [3.63, 3.8) is 0 Å². The van der Waals surface area contributed by atoms with Crippen molar-refractivity contribution in [2.45, 2.75) is 46.1 Å². The number of aromatic nitrogens is 2. The second-order valence-electron chi connectivity index (χ2n) is 9.24. The van der Waals surface area contributed by atoms with Gasteiger partial charge in [0.25, 0.3) is 11.5 Å². The quantitative estimate of drug-likeness (QED) is 0.364. The van der Waals surface area contributed by atoms with Crippen LogP contribution in [0.3, 0.4) is 0 Å². The Kier molecular flexibility index (Phi) is 6.75. The van der Waals surface area contributed by atoms with Gasteiger partial charge in [0.2, 0.25) is 0 Å². The average Bonchev–Trinajstić information content (AvgIpc) is 3.02. The molecule has 180 valence electrons. The fourth-order valence-electron chi connectivity index (χ4n) is 4.54. The predicted octanol–water partition coefficient (Wildman–Crippen LogP) is 5.09. The number of nitrogens with zero attached hydrogens (tertiary/aromatic N) is 4. The molecule has 2 fully saturated rings. The van der Waals surface area contributed by atoms with Crippen LogP contribution in [0.4, 0.5) is 5.82 Å². The van der Waals surface area contributed by atoms with E-state index in [0.29, 0.717) is 32.8 Å². The standard InChI is InChI=1S/C27H28N4O2S2/c1-18-7-10-20(11-8-18)17-31-26(33)22(35-27(31)34)15-21-24(29-13-5-3-4-6-14-29)28-23-12-9-19(2)16-30(23)25(21)32/h7-12,15-16H,3-6,13-14,17H2,1-2H3/b22-15+. The molecule has 1 aromatic carbocycles. The second kappa shape index (κ2) is 9.95. The number of hydrogen-bond acceptors (Lipinski definition) is 6. The lowest BCUT2D eigenvalue weighted by Gasteiger charge is -2.23. The third-order valence-corrected chi connectivity index (χ3v) is 7.88. The molecule has 0 spiro atoms. The van der Waals surface area contributed by atoms with E-state index in [0.717, 1.165) is 37.1 Å². The minimum Gasteiger partial charge on any atom is -0.356 e. The SMILES string of the molecule is Cc1ccc(CN2C(=O)/C(=C\c3c(N4CCCCCC4)nc4ccc(C)cn4c3=O)SC2=S)cc1. The summed E-state index contributed by atoms with van der Waals surface area (Å²) in [6, 6.07) is 11.9. The Morgan fingerprint density at radius 1 is 0.971 bits per heavy atom. The number of hydrogen-bond donors (Lipinski definition) is 0. The van der Waals surface area contributed by atoms with Gasteiger partial charge in [-0.05, 0) is 50.0 Å². The molecule has 2 aliphatic heterocycles. The number of aryl methyl sites for hydroxylation is 2. The molecule has 0 unspecified atom stereocenters. The Hall–Kier alpha value is -2.97. The molecule has 0 saturated carbocycles. The third kappa shape index (κ3) is 4.90. The van der Waals surface area contributed by atoms with Crippen LogP contribution >= 0.6 is 24.0 Å². The summed E-state index contributed by atoms with van der Waals surface area (Å²) < 4.78 is 2.08. The lowest BCUT2D eigenvalue weighted by molar-refractivity contribution is -0.122. The number of carbonyl (C=O) groups excluding carboxylic acids is 1. The van der Waals surface area contributed by atoms with Gasteiger partial charge in [0.05, 0.1) is 17.0 Å². The number of anilines is 1. The summed E-state index contributed by atoms with van der Waals surface area (Å²) in [5, 5.41) is 0. The lowest BCUT2D eigenvalue weighted by atomic mass is 10.1. The highest BCUT2D eigenvalue weighted by molar-refractivity contribution is 8.26. The first kappa shape index (κ1) is 23.8. The number of carbonyl (C=O) groups is 1. The van der Waals surface area contributed by atoms with Crippen LogP contribution in [0.25, 0.3) is 11.7 Å². The predicted molar refractivity (Wildman–Crippen MR) is 147 cm³/mol. The normalized spacial score (nSPS) is 18.1. The molecule has 1 amide bonds. The first-order valence-electron chi connectivity index (χ1n) is 12.0. The molecule has 0 N–H and O–H groups in total. The molecule has 0 bridgehead atoms. The van der Waals surface area contributed by atoms with Crippen LogP contribution in [0, 0.1) is 13.8 Å². The van der Waals surface area contributed by atoms with Crippen LogP contribution in [-0.4, -0.2) is 37.6 Å². The first-order chi connectivity index (χ1) is 16.9. The van der Waals surface area contributed by atoms with E-state index in [1.807, 2.05) is 50.2 Å². The summed E-state index contributed by atoms with van der Waals surface area (Å²) in [5.74, 6) is 0.487. The summed E-state index contributed by atoms with van der Waals surface area (Å²) in [7, 11) is 0. The smallest absolute Gasteiger partial charge is 0.267 e. The zero-order valence-electron chi connectivity index (χ0n) is 20.0. The largest absolute Gasteiger partial charge is 0.356 e. The van der Waals surface area contributed by atoms with Crippen molar-refractivity contribution in [2.24, 2.45) is 0 Å². The molecule has 0 atom stereocenters. The Bertz CT molecular complexity index is 1390. The van der Waals surface area contributed by atoms with Crippen molar-refractivity contribution in [3.8, 4) is 0 Å². The van der Waals surface area contributed by atoms with Crippen LogP contribution in [0.15, 0.2) is 52.3 Å². The van der Waals surface area contributed by atoms with Crippen LogP contribution in [0.1, 0.15) is 47.9 Å². The Morgan fingerprint density at radius 2 is 1.66 bits per heavy atom. The maximum atomic E-state index is 13.7. The molecule has 2 aliphatic rings. The van der Waals surface area contributed by atoms with E-state index in [1.54, 1.807) is 21.6 Å². The summed E-state index contributed by atoms with van der Waals surface area (Å²) in [6.07, 6.45) is 7.99. The van der Waals surface area contributed by atoms with Gasteiger partial charge in [-0.15, -0.1) is 0 Å². The number of thiocarbonyl (C=S) groups is 1. The first-order valence-corrected chi connectivity index (χ1v) is 13.2. The number of benzene rings is 1. The number of rotatable bonds is 4. The van der Waals surface area contributed by atoms with Gasteiger partial charge < -0.3 is 4.90 Å².